The van der Waals surface area contributed by atoms with Crippen molar-refractivity contribution in [2.45, 2.75) is 25.1 Å². The minimum absolute atomic E-state index is 0.0259. The normalized spacial score (nSPS) is 20.3. The minimum Gasteiger partial charge on any atom is -0.495 e. The monoisotopic (exact) mass is 303 g/mol. The van der Waals surface area contributed by atoms with Gasteiger partial charge < -0.3 is 15.2 Å². The van der Waals surface area contributed by atoms with Crippen LogP contribution in [0.4, 0.5) is 0 Å². The molecule has 0 heterocycles. The standard InChI is InChI=1S/C17H18ClNO2/c1-21-16-7-6-11(8-14(16)18)10-19-17-13-5-3-2-4-12(13)9-15(17)20/h2-8,15,17,19-20H,9-10H2,1H3/t15-,17+/m0/s1. The zero-order valence-corrected chi connectivity index (χ0v) is 12.6. The molecule has 0 spiro atoms. The van der Waals surface area contributed by atoms with Gasteiger partial charge in [-0.25, -0.2) is 0 Å². The molecule has 3 rings (SSSR count). The highest BCUT2D eigenvalue weighted by Crippen LogP contribution is 2.32. The molecule has 2 N–H and O–H groups in total. The van der Waals surface area contributed by atoms with Crippen LogP contribution in [0.2, 0.25) is 5.02 Å². The lowest BCUT2D eigenvalue weighted by molar-refractivity contribution is 0.140. The fourth-order valence-electron chi connectivity index (χ4n) is 2.87. The Morgan fingerprint density at radius 3 is 2.86 bits per heavy atom. The van der Waals surface area contributed by atoms with Crippen LogP contribution in [0.1, 0.15) is 22.7 Å². The number of hydrogen-bond donors (Lipinski definition) is 2. The lowest BCUT2D eigenvalue weighted by Gasteiger charge is -2.18. The van der Waals surface area contributed by atoms with Crippen molar-refractivity contribution in [1.82, 2.24) is 5.32 Å². The highest BCUT2D eigenvalue weighted by molar-refractivity contribution is 6.32. The second kappa shape index (κ2) is 6.06. The van der Waals surface area contributed by atoms with Crippen LogP contribution in [0.15, 0.2) is 42.5 Å². The van der Waals surface area contributed by atoms with Crippen LogP contribution in [0.25, 0.3) is 0 Å². The number of aliphatic hydroxyl groups is 1. The van der Waals surface area contributed by atoms with E-state index in [1.54, 1.807) is 7.11 Å². The molecule has 110 valence electrons. The van der Waals surface area contributed by atoms with E-state index in [4.69, 9.17) is 16.3 Å². The predicted octanol–water partition coefficient (Wildman–Crippen LogP) is 3.10. The van der Waals surface area contributed by atoms with Gasteiger partial charge in [0.2, 0.25) is 0 Å². The first-order valence-corrected chi connectivity index (χ1v) is 7.38. The molecule has 0 aromatic heterocycles. The minimum atomic E-state index is -0.379. The Kier molecular flexibility index (Phi) is 4.15. The quantitative estimate of drug-likeness (QED) is 0.912. The van der Waals surface area contributed by atoms with Gasteiger partial charge in [-0.1, -0.05) is 41.9 Å². The number of benzene rings is 2. The van der Waals surface area contributed by atoms with Crippen LogP contribution in [0, 0.1) is 0 Å². The molecule has 0 fully saturated rings. The van der Waals surface area contributed by atoms with Crippen LogP contribution in [0.5, 0.6) is 5.75 Å². The largest absolute Gasteiger partial charge is 0.495 e. The van der Waals surface area contributed by atoms with Gasteiger partial charge in [0.15, 0.2) is 0 Å². The molecular weight excluding hydrogens is 286 g/mol. The molecule has 4 heteroatoms. The molecule has 2 aromatic rings. The van der Waals surface area contributed by atoms with E-state index in [1.165, 1.54) is 11.1 Å². The van der Waals surface area contributed by atoms with Crippen molar-refractivity contribution < 1.29 is 9.84 Å². The van der Waals surface area contributed by atoms with Gasteiger partial charge in [-0.3, -0.25) is 0 Å². The average molecular weight is 304 g/mol. The molecule has 0 unspecified atom stereocenters. The Morgan fingerprint density at radius 2 is 2.10 bits per heavy atom. The zero-order valence-electron chi connectivity index (χ0n) is 11.8. The molecule has 2 aromatic carbocycles. The Balaban J connectivity index is 1.72. The number of halogens is 1. The summed E-state index contributed by atoms with van der Waals surface area (Å²) in [5.74, 6) is 0.673. The lowest BCUT2D eigenvalue weighted by Crippen LogP contribution is -2.28. The summed E-state index contributed by atoms with van der Waals surface area (Å²) in [5.41, 5.74) is 3.47. The SMILES string of the molecule is COc1ccc(CN[C@@H]2c3ccccc3C[C@@H]2O)cc1Cl. The summed E-state index contributed by atoms with van der Waals surface area (Å²) in [6.45, 7) is 0.653. The van der Waals surface area contributed by atoms with Crippen LogP contribution < -0.4 is 10.1 Å². The Bertz CT molecular complexity index is 644. The molecule has 0 saturated heterocycles. The van der Waals surface area contributed by atoms with E-state index >= 15 is 0 Å². The van der Waals surface area contributed by atoms with Gasteiger partial charge in [-0.05, 0) is 28.8 Å². The third-order valence-electron chi connectivity index (χ3n) is 3.95. The highest BCUT2D eigenvalue weighted by atomic mass is 35.5. The molecule has 0 saturated carbocycles. The number of rotatable bonds is 4. The van der Waals surface area contributed by atoms with E-state index in [-0.39, 0.29) is 12.1 Å². The van der Waals surface area contributed by atoms with Crippen LogP contribution >= 0.6 is 11.6 Å². The van der Waals surface area contributed by atoms with Crippen molar-refractivity contribution >= 4 is 11.6 Å². The lowest BCUT2D eigenvalue weighted by atomic mass is 10.1. The summed E-state index contributed by atoms with van der Waals surface area (Å²) in [6.07, 6.45) is 0.327. The second-order valence-corrected chi connectivity index (χ2v) is 5.70. The molecule has 2 atom stereocenters. The van der Waals surface area contributed by atoms with E-state index in [1.807, 2.05) is 30.3 Å². The third kappa shape index (κ3) is 2.91. The van der Waals surface area contributed by atoms with Gasteiger partial charge in [0.1, 0.15) is 5.75 Å². The van der Waals surface area contributed by atoms with E-state index < -0.39 is 0 Å². The summed E-state index contributed by atoms with van der Waals surface area (Å²) in [4.78, 5) is 0. The first-order valence-electron chi connectivity index (χ1n) is 7.00. The topological polar surface area (TPSA) is 41.5 Å². The molecule has 3 nitrogen and oxygen atoms in total. The summed E-state index contributed by atoms with van der Waals surface area (Å²) < 4.78 is 5.15. The van der Waals surface area contributed by atoms with Gasteiger partial charge in [0.25, 0.3) is 0 Å². The summed E-state index contributed by atoms with van der Waals surface area (Å²) >= 11 is 6.13. The second-order valence-electron chi connectivity index (χ2n) is 5.30. The molecular formula is C17H18ClNO2. The van der Waals surface area contributed by atoms with Gasteiger partial charge in [0, 0.05) is 13.0 Å². The highest BCUT2D eigenvalue weighted by Gasteiger charge is 2.30. The van der Waals surface area contributed by atoms with E-state index in [9.17, 15) is 5.11 Å². The maximum atomic E-state index is 10.2. The first-order chi connectivity index (χ1) is 10.2. The van der Waals surface area contributed by atoms with E-state index in [0.717, 1.165) is 5.56 Å². The molecule has 1 aliphatic carbocycles. The molecule has 0 bridgehead atoms. The average Bonchev–Trinajstić information content (AvgIpc) is 2.81. The van der Waals surface area contributed by atoms with Gasteiger partial charge in [-0.15, -0.1) is 0 Å². The van der Waals surface area contributed by atoms with Gasteiger partial charge >= 0.3 is 0 Å². The molecule has 0 radical (unpaired) electrons. The number of methoxy groups -OCH3 is 1. The van der Waals surface area contributed by atoms with Crippen molar-refractivity contribution in [3.63, 3.8) is 0 Å². The number of nitrogens with one attached hydrogen (secondary N) is 1. The van der Waals surface area contributed by atoms with E-state index in [0.29, 0.717) is 23.7 Å². The zero-order chi connectivity index (χ0) is 14.8. The van der Waals surface area contributed by atoms with E-state index in [2.05, 4.69) is 17.4 Å². The Morgan fingerprint density at radius 1 is 1.29 bits per heavy atom. The number of ether oxygens (including phenoxy) is 1. The summed E-state index contributed by atoms with van der Waals surface area (Å²) in [5, 5.41) is 14.2. The maximum Gasteiger partial charge on any atom is 0.137 e. The predicted molar refractivity (Wildman–Crippen MR) is 83.7 cm³/mol. The van der Waals surface area contributed by atoms with Crippen molar-refractivity contribution in [2.24, 2.45) is 0 Å². The van der Waals surface area contributed by atoms with Crippen molar-refractivity contribution in [1.29, 1.82) is 0 Å². The number of hydrogen-bond acceptors (Lipinski definition) is 3. The summed E-state index contributed by atoms with van der Waals surface area (Å²) in [7, 11) is 1.60. The molecule has 0 aliphatic heterocycles. The fourth-order valence-corrected chi connectivity index (χ4v) is 3.15. The first kappa shape index (κ1) is 14.4. The fraction of sp³-hybridized carbons (Fsp3) is 0.294. The maximum absolute atomic E-state index is 10.2. The van der Waals surface area contributed by atoms with Crippen molar-refractivity contribution in [3.05, 3.63) is 64.2 Å². The Labute approximate surface area is 129 Å². The van der Waals surface area contributed by atoms with Crippen molar-refractivity contribution in [2.75, 3.05) is 7.11 Å². The Hall–Kier alpha value is -1.55. The molecule has 0 amide bonds. The number of fused-ring (bicyclic) bond motifs is 1. The van der Waals surface area contributed by atoms with Gasteiger partial charge in [0.05, 0.1) is 24.3 Å². The molecule has 21 heavy (non-hydrogen) atoms. The number of aliphatic hydroxyl groups excluding tert-OH is 1. The van der Waals surface area contributed by atoms with Gasteiger partial charge in [-0.2, -0.15) is 0 Å². The summed E-state index contributed by atoms with van der Waals surface area (Å²) in [6, 6.07) is 13.9. The van der Waals surface area contributed by atoms with Crippen LogP contribution in [0.3, 0.4) is 0 Å². The molecule has 1 aliphatic rings. The smallest absolute Gasteiger partial charge is 0.137 e. The van der Waals surface area contributed by atoms with Crippen LogP contribution in [-0.2, 0) is 13.0 Å². The van der Waals surface area contributed by atoms with Crippen molar-refractivity contribution in [3.8, 4) is 5.75 Å². The van der Waals surface area contributed by atoms with Crippen LogP contribution in [-0.4, -0.2) is 18.3 Å². The third-order valence-corrected chi connectivity index (χ3v) is 4.24.